The number of carboxylic acids is 1. The number of hydrogen-bond acceptors (Lipinski definition) is 4. The Kier molecular flexibility index (Phi) is 3.31. The van der Waals surface area contributed by atoms with Crippen LogP contribution in [0.4, 0.5) is 0 Å². The zero-order valence-corrected chi connectivity index (χ0v) is 10.5. The third-order valence-electron chi connectivity index (χ3n) is 2.77. The summed E-state index contributed by atoms with van der Waals surface area (Å²) in [4.78, 5) is 13.3. The Balaban J connectivity index is 2.65. The first-order chi connectivity index (χ1) is 8.80. The van der Waals surface area contributed by atoms with E-state index in [1.807, 2.05) is 0 Å². The van der Waals surface area contributed by atoms with Crippen LogP contribution in [0.15, 0.2) is 29.3 Å². The minimum Gasteiger partial charge on any atom is -0.480 e. The van der Waals surface area contributed by atoms with Crippen molar-refractivity contribution in [2.45, 2.75) is 17.5 Å². The van der Waals surface area contributed by atoms with Crippen molar-refractivity contribution in [2.24, 2.45) is 5.73 Å². The van der Waals surface area contributed by atoms with Crippen molar-refractivity contribution in [1.82, 2.24) is 4.98 Å². The van der Waals surface area contributed by atoms with Crippen LogP contribution >= 0.6 is 0 Å². The van der Waals surface area contributed by atoms with Gasteiger partial charge >= 0.3 is 16.1 Å². The van der Waals surface area contributed by atoms with Gasteiger partial charge in [0, 0.05) is 22.9 Å². The van der Waals surface area contributed by atoms with Gasteiger partial charge in [0.25, 0.3) is 0 Å². The summed E-state index contributed by atoms with van der Waals surface area (Å²) in [6.45, 7) is 0. The third kappa shape index (κ3) is 2.60. The Morgan fingerprint density at radius 3 is 2.58 bits per heavy atom. The van der Waals surface area contributed by atoms with Crippen LogP contribution < -0.4 is 5.73 Å². The van der Waals surface area contributed by atoms with E-state index in [9.17, 15) is 17.8 Å². The number of carboxylic acid groups (broad SMARTS) is 1. The van der Waals surface area contributed by atoms with Crippen molar-refractivity contribution >= 4 is 27.0 Å². The standard InChI is InChI=1S/C11H12N2O5S/c12-8(11(14)15)5-7-6-3-1-2-4-9(6)13-10(7)19(16,17)18/h1-4,8,13H,5,12H2,(H,14,15)(H,16,17,18). The molecule has 1 atom stereocenters. The predicted octanol–water partition coefficient (Wildman–Crippen LogP) is 0.369. The van der Waals surface area contributed by atoms with Crippen molar-refractivity contribution in [3.8, 4) is 0 Å². The molecule has 0 saturated heterocycles. The number of para-hydroxylation sites is 1. The van der Waals surface area contributed by atoms with Gasteiger partial charge in [-0.1, -0.05) is 18.2 Å². The molecule has 0 aliphatic rings. The number of benzene rings is 1. The van der Waals surface area contributed by atoms with E-state index in [0.717, 1.165) is 0 Å². The maximum Gasteiger partial charge on any atom is 0.320 e. The number of aliphatic carboxylic acids is 1. The molecule has 0 aliphatic carbocycles. The maximum atomic E-state index is 11.3. The van der Waals surface area contributed by atoms with Gasteiger partial charge in [-0.25, -0.2) is 0 Å². The van der Waals surface area contributed by atoms with E-state index in [1.54, 1.807) is 24.3 Å². The highest BCUT2D eigenvalue weighted by Crippen LogP contribution is 2.26. The second-order valence-electron chi connectivity index (χ2n) is 4.10. The fourth-order valence-electron chi connectivity index (χ4n) is 1.91. The van der Waals surface area contributed by atoms with Crippen LogP contribution in [0.3, 0.4) is 0 Å². The normalized spacial score (nSPS) is 13.6. The van der Waals surface area contributed by atoms with Crippen molar-refractivity contribution in [2.75, 3.05) is 0 Å². The van der Waals surface area contributed by atoms with Crippen LogP contribution in [-0.4, -0.2) is 35.1 Å². The highest BCUT2D eigenvalue weighted by Gasteiger charge is 2.24. The maximum absolute atomic E-state index is 11.3. The predicted molar refractivity (Wildman–Crippen MR) is 67.4 cm³/mol. The molecule has 2 aromatic rings. The summed E-state index contributed by atoms with van der Waals surface area (Å²) in [5, 5.41) is 8.91. The average molecular weight is 284 g/mol. The molecule has 1 aromatic heterocycles. The molecule has 5 N–H and O–H groups in total. The summed E-state index contributed by atoms with van der Waals surface area (Å²) in [6, 6.07) is 5.37. The van der Waals surface area contributed by atoms with Crippen LogP contribution in [0.2, 0.25) is 0 Å². The molecule has 0 bridgehead atoms. The van der Waals surface area contributed by atoms with E-state index in [1.165, 1.54) is 0 Å². The van der Waals surface area contributed by atoms with Gasteiger partial charge in [0.1, 0.15) is 6.04 Å². The molecule has 0 spiro atoms. The third-order valence-corrected chi connectivity index (χ3v) is 3.64. The lowest BCUT2D eigenvalue weighted by atomic mass is 10.1. The molecule has 0 fully saturated rings. The van der Waals surface area contributed by atoms with Gasteiger partial charge in [-0.15, -0.1) is 0 Å². The number of nitrogens with one attached hydrogen (secondary N) is 1. The lowest BCUT2D eigenvalue weighted by Gasteiger charge is -2.06. The van der Waals surface area contributed by atoms with Crippen molar-refractivity contribution in [3.63, 3.8) is 0 Å². The molecule has 102 valence electrons. The zero-order valence-electron chi connectivity index (χ0n) is 9.70. The number of aromatic nitrogens is 1. The van der Waals surface area contributed by atoms with E-state index in [-0.39, 0.29) is 12.0 Å². The molecule has 0 radical (unpaired) electrons. The van der Waals surface area contributed by atoms with Crippen LogP contribution in [0.5, 0.6) is 0 Å². The second kappa shape index (κ2) is 4.65. The largest absolute Gasteiger partial charge is 0.480 e. The molecule has 0 aliphatic heterocycles. The second-order valence-corrected chi connectivity index (χ2v) is 5.46. The summed E-state index contributed by atoms with van der Waals surface area (Å²) in [7, 11) is -4.47. The Morgan fingerprint density at radius 1 is 1.37 bits per heavy atom. The van der Waals surface area contributed by atoms with Crippen LogP contribution in [0.25, 0.3) is 10.9 Å². The van der Waals surface area contributed by atoms with Crippen molar-refractivity contribution in [3.05, 3.63) is 29.8 Å². The first-order valence-electron chi connectivity index (χ1n) is 5.36. The van der Waals surface area contributed by atoms with Gasteiger partial charge in [0.05, 0.1) is 0 Å². The van der Waals surface area contributed by atoms with Crippen molar-refractivity contribution in [1.29, 1.82) is 0 Å². The molecule has 2 rings (SSSR count). The molecule has 19 heavy (non-hydrogen) atoms. The van der Waals surface area contributed by atoms with E-state index in [0.29, 0.717) is 10.9 Å². The molecule has 1 heterocycles. The number of hydrogen-bond donors (Lipinski definition) is 4. The highest BCUT2D eigenvalue weighted by atomic mass is 32.2. The molecule has 1 aromatic carbocycles. The number of aromatic amines is 1. The quantitative estimate of drug-likeness (QED) is 0.599. The van der Waals surface area contributed by atoms with Gasteiger partial charge in [0.2, 0.25) is 0 Å². The lowest BCUT2D eigenvalue weighted by molar-refractivity contribution is -0.138. The van der Waals surface area contributed by atoms with Crippen LogP contribution in [-0.2, 0) is 21.3 Å². The first-order valence-corrected chi connectivity index (χ1v) is 6.80. The summed E-state index contributed by atoms with van der Waals surface area (Å²) in [5.41, 5.74) is 6.08. The molecule has 1 unspecified atom stereocenters. The zero-order chi connectivity index (χ0) is 14.2. The minimum atomic E-state index is -4.47. The summed E-state index contributed by atoms with van der Waals surface area (Å²) in [5.74, 6) is -1.24. The first kappa shape index (κ1) is 13.5. The van der Waals surface area contributed by atoms with Gasteiger partial charge < -0.3 is 15.8 Å². The topological polar surface area (TPSA) is 133 Å². The lowest BCUT2D eigenvalue weighted by Crippen LogP contribution is -2.32. The Labute approximate surface area is 108 Å². The van der Waals surface area contributed by atoms with Gasteiger partial charge in [-0.05, 0) is 6.07 Å². The van der Waals surface area contributed by atoms with Crippen LogP contribution in [0, 0.1) is 0 Å². The number of nitrogens with two attached hydrogens (primary N) is 1. The summed E-state index contributed by atoms with van der Waals surface area (Å²) >= 11 is 0. The van der Waals surface area contributed by atoms with E-state index in [4.69, 9.17) is 10.8 Å². The SMILES string of the molecule is NC(Cc1c(S(=O)(=O)O)[nH]c2ccccc12)C(=O)O. The monoisotopic (exact) mass is 284 g/mol. The number of H-pyrrole nitrogens is 1. The summed E-state index contributed by atoms with van der Waals surface area (Å²) in [6.07, 6.45) is -0.200. The fraction of sp³-hybridized carbons (Fsp3) is 0.182. The fourth-order valence-corrected chi connectivity index (χ4v) is 2.65. The molecule has 7 nitrogen and oxygen atoms in total. The minimum absolute atomic E-state index is 0.174. The smallest absolute Gasteiger partial charge is 0.320 e. The molecular weight excluding hydrogens is 272 g/mol. The Bertz CT molecular complexity index is 735. The molecule has 0 amide bonds. The highest BCUT2D eigenvalue weighted by molar-refractivity contribution is 7.85. The van der Waals surface area contributed by atoms with Gasteiger partial charge in [-0.3, -0.25) is 9.35 Å². The van der Waals surface area contributed by atoms with E-state index >= 15 is 0 Å². The number of fused-ring (bicyclic) bond motifs is 1. The average Bonchev–Trinajstić information content (AvgIpc) is 2.68. The van der Waals surface area contributed by atoms with Gasteiger partial charge in [-0.2, -0.15) is 8.42 Å². The number of rotatable bonds is 4. The van der Waals surface area contributed by atoms with Crippen molar-refractivity contribution < 1.29 is 22.9 Å². The van der Waals surface area contributed by atoms with E-state index in [2.05, 4.69) is 4.98 Å². The Morgan fingerprint density at radius 2 is 2.00 bits per heavy atom. The van der Waals surface area contributed by atoms with E-state index < -0.39 is 27.2 Å². The van der Waals surface area contributed by atoms with Crippen LogP contribution in [0.1, 0.15) is 5.56 Å². The summed E-state index contributed by atoms with van der Waals surface area (Å²) < 4.78 is 31.8. The Hall–Kier alpha value is -1.90. The number of carbonyl (C=O) groups is 1. The molecule has 0 saturated carbocycles. The molecular formula is C11H12N2O5S. The van der Waals surface area contributed by atoms with Gasteiger partial charge in [0.15, 0.2) is 5.03 Å². The molecule has 8 heteroatoms.